The second-order valence-electron chi connectivity index (χ2n) is 8.36. The molecule has 2 aromatic carbocycles. The molecule has 0 spiro atoms. The maximum Gasteiger partial charge on any atom is 0.326 e. The fraction of sp³-hybridized carbons (Fsp3) is 0.360. The van der Waals surface area contributed by atoms with Crippen molar-refractivity contribution >= 4 is 23.7 Å². The number of nitrogens with one attached hydrogen (secondary N) is 3. The SMILES string of the molecule is C[C@@H](O)[C@H](NC(=O)c1ccc(-c2ccc(CC(=O)N[C@@H](CCCCN)C(=O)O)cc2)cc1)C(=O)NO. The lowest BCUT2D eigenvalue weighted by molar-refractivity contribution is -0.142. The van der Waals surface area contributed by atoms with Gasteiger partial charge in [0, 0.05) is 5.56 Å². The molecule has 0 aliphatic heterocycles. The Morgan fingerprint density at radius 2 is 1.50 bits per heavy atom. The van der Waals surface area contributed by atoms with Crippen LogP contribution in [0, 0.1) is 0 Å². The topological polar surface area (TPSA) is 191 Å². The van der Waals surface area contributed by atoms with Gasteiger partial charge in [-0.1, -0.05) is 36.4 Å². The highest BCUT2D eigenvalue weighted by molar-refractivity contribution is 5.98. The summed E-state index contributed by atoms with van der Waals surface area (Å²) in [7, 11) is 0. The third kappa shape index (κ3) is 8.45. The molecule has 36 heavy (non-hydrogen) atoms. The van der Waals surface area contributed by atoms with Crippen molar-refractivity contribution in [3.8, 4) is 11.1 Å². The monoisotopic (exact) mass is 500 g/mol. The number of rotatable bonds is 13. The molecule has 0 saturated heterocycles. The highest BCUT2D eigenvalue weighted by atomic mass is 16.5. The van der Waals surface area contributed by atoms with Crippen molar-refractivity contribution in [3.63, 3.8) is 0 Å². The molecule has 194 valence electrons. The average molecular weight is 501 g/mol. The van der Waals surface area contributed by atoms with E-state index in [2.05, 4.69) is 10.6 Å². The number of unbranched alkanes of at least 4 members (excludes halogenated alkanes) is 1. The number of nitrogens with two attached hydrogens (primary N) is 1. The van der Waals surface area contributed by atoms with Gasteiger partial charge in [0.15, 0.2) is 0 Å². The predicted molar refractivity (Wildman–Crippen MR) is 131 cm³/mol. The number of carboxylic acids is 1. The number of carboxylic acid groups (broad SMARTS) is 1. The number of aliphatic carboxylic acids is 1. The summed E-state index contributed by atoms with van der Waals surface area (Å²) in [5, 5.41) is 32.6. The van der Waals surface area contributed by atoms with E-state index in [0.717, 1.165) is 11.1 Å². The van der Waals surface area contributed by atoms with Crippen molar-refractivity contribution in [1.82, 2.24) is 16.1 Å². The van der Waals surface area contributed by atoms with Gasteiger partial charge < -0.3 is 26.6 Å². The second-order valence-corrected chi connectivity index (χ2v) is 8.36. The van der Waals surface area contributed by atoms with Crippen LogP contribution in [0.25, 0.3) is 11.1 Å². The lowest BCUT2D eigenvalue weighted by Gasteiger charge is -2.19. The Labute approximate surface area is 208 Å². The minimum absolute atomic E-state index is 0.0337. The van der Waals surface area contributed by atoms with Crippen LogP contribution in [0.5, 0.6) is 0 Å². The predicted octanol–water partition coefficient (Wildman–Crippen LogP) is 0.579. The first-order valence-electron chi connectivity index (χ1n) is 11.5. The van der Waals surface area contributed by atoms with Gasteiger partial charge >= 0.3 is 5.97 Å². The molecular formula is C25H32N4O7. The normalized spacial score (nSPS) is 13.2. The number of aliphatic hydroxyl groups is 1. The summed E-state index contributed by atoms with van der Waals surface area (Å²) in [5.74, 6) is -3.00. The van der Waals surface area contributed by atoms with Crippen molar-refractivity contribution in [2.45, 2.75) is 50.8 Å². The van der Waals surface area contributed by atoms with Crippen molar-refractivity contribution in [3.05, 3.63) is 59.7 Å². The van der Waals surface area contributed by atoms with Crippen molar-refractivity contribution in [1.29, 1.82) is 0 Å². The maximum atomic E-state index is 12.4. The number of carbonyl (C=O) groups is 4. The molecule has 2 aromatic rings. The van der Waals surface area contributed by atoms with Crippen LogP contribution in [0.2, 0.25) is 0 Å². The third-order valence-electron chi connectivity index (χ3n) is 5.54. The van der Waals surface area contributed by atoms with Gasteiger partial charge in [-0.3, -0.25) is 19.6 Å². The number of aliphatic hydroxyl groups excluding tert-OH is 1. The molecule has 0 aromatic heterocycles. The van der Waals surface area contributed by atoms with Crippen LogP contribution >= 0.6 is 0 Å². The van der Waals surface area contributed by atoms with E-state index in [9.17, 15) is 29.4 Å². The minimum Gasteiger partial charge on any atom is -0.480 e. The van der Waals surface area contributed by atoms with Gasteiger partial charge in [-0.2, -0.15) is 0 Å². The number of amides is 3. The molecule has 0 aliphatic rings. The molecule has 8 N–H and O–H groups in total. The first kappa shape index (κ1) is 28.4. The van der Waals surface area contributed by atoms with Gasteiger partial charge in [0.1, 0.15) is 12.1 Å². The number of benzene rings is 2. The molecule has 2 rings (SSSR count). The number of hydrogen-bond acceptors (Lipinski definition) is 7. The van der Waals surface area contributed by atoms with Gasteiger partial charge in [-0.15, -0.1) is 0 Å². The number of hydrogen-bond donors (Lipinski definition) is 7. The highest BCUT2D eigenvalue weighted by Gasteiger charge is 2.25. The molecule has 0 unspecified atom stereocenters. The second kappa shape index (κ2) is 13.9. The Bertz CT molecular complexity index is 1040. The van der Waals surface area contributed by atoms with Crippen LogP contribution in [0.4, 0.5) is 0 Å². The van der Waals surface area contributed by atoms with Crippen molar-refractivity contribution in [2.24, 2.45) is 5.73 Å². The Morgan fingerprint density at radius 3 is 2.00 bits per heavy atom. The van der Waals surface area contributed by atoms with Crippen LogP contribution in [-0.4, -0.2) is 63.8 Å². The molecule has 3 atom stereocenters. The minimum atomic E-state index is -1.32. The van der Waals surface area contributed by atoms with E-state index < -0.39 is 36.0 Å². The van der Waals surface area contributed by atoms with Gasteiger partial charge in [0.05, 0.1) is 12.5 Å². The van der Waals surface area contributed by atoms with E-state index in [-0.39, 0.29) is 17.9 Å². The zero-order valence-corrected chi connectivity index (χ0v) is 19.9. The molecule has 0 heterocycles. The summed E-state index contributed by atoms with van der Waals surface area (Å²) >= 11 is 0. The van der Waals surface area contributed by atoms with Crippen LogP contribution in [0.15, 0.2) is 48.5 Å². The van der Waals surface area contributed by atoms with Crippen LogP contribution in [0.1, 0.15) is 42.1 Å². The molecule has 11 heteroatoms. The smallest absolute Gasteiger partial charge is 0.326 e. The van der Waals surface area contributed by atoms with Gasteiger partial charge in [0.25, 0.3) is 11.8 Å². The van der Waals surface area contributed by atoms with E-state index in [4.69, 9.17) is 10.9 Å². The van der Waals surface area contributed by atoms with E-state index >= 15 is 0 Å². The van der Waals surface area contributed by atoms with Crippen LogP contribution < -0.4 is 21.8 Å². The highest BCUT2D eigenvalue weighted by Crippen LogP contribution is 2.21. The van der Waals surface area contributed by atoms with Crippen LogP contribution in [-0.2, 0) is 20.8 Å². The van der Waals surface area contributed by atoms with E-state index in [0.29, 0.717) is 31.4 Å². The maximum absolute atomic E-state index is 12.4. The molecular weight excluding hydrogens is 468 g/mol. The number of carbonyl (C=O) groups excluding carboxylic acids is 3. The molecule has 0 aliphatic carbocycles. The quantitative estimate of drug-likeness (QED) is 0.118. The number of hydroxylamine groups is 1. The summed E-state index contributed by atoms with van der Waals surface area (Å²) < 4.78 is 0. The Balaban J connectivity index is 1.99. The fourth-order valence-corrected chi connectivity index (χ4v) is 3.51. The average Bonchev–Trinajstić information content (AvgIpc) is 2.86. The fourth-order valence-electron chi connectivity index (χ4n) is 3.51. The molecule has 0 radical (unpaired) electrons. The van der Waals surface area contributed by atoms with Crippen LogP contribution in [0.3, 0.4) is 0 Å². The first-order chi connectivity index (χ1) is 17.2. The Hall–Kier alpha value is -3.80. The Morgan fingerprint density at radius 1 is 0.917 bits per heavy atom. The van der Waals surface area contributed by atoms with Gasteiger partial charge in [-0.25, -0.2) is 10.3 Å². The summed E-state index contributed by atoms with van der Waals surface area (Å²) in [6.07, 6.45) is 0.441. The van der Waals surface area contributed by atoms with E-state index in [1.54, 1.807) is 36.4 Å². The largest absolute Gasteiger partial charge is 0.480 e. The van der Waals surface area contributed by atoms with Gasteiger partial charge in [0.2, 0.25) is 5.91 Å². The van der Waals surface area contributed by atoms with Crippen molar-refractivity contribution in [2.75, 3.05) is 6.54 Å². The summed E-state index contributed by atoms with van der Waals surface area (Å²) in [4.78, 5) is 47.7. The van der Waals surface area contributed by atoms with Gasteiger partial charge in [-0.05, 0) is 61.6 Å². The van der Waals surface area contributed by atoms with Crippen molar-refractivity contribution < 1.29 is 34.6 Å². The van der Waals surface area contributed by atoms with E-state index in [1.165, 1.54) is 12.4 Å². The molecule has 3 amide bonds. The lowest BCUT2D eigenvalue weighted by Crippen LogP contribution is -2.51. The lowest BCUT2D eigenvalue weighted by atomic mass is 10.0. The Kier molecular flexibility index (Phi) is 11.0. The summed E-state index contributed by atoms with van der Waals surface area (Å²) in [5.41, 5.74) is 9.43. The van der Waals surface area contributed by atoms with E-state index in [1.807, 2.05) is 12.1 Å². The molecule has 0 bridgehead atoms. The zero-order valence-electron chi connectivity index (χ0n) is 19.9. The molecule has 0 saturated carbocycles. The molecule has 0 fully saturated rings. The summed E-state index contributed by atoms with van der Waals surface area (Å²) in [6.45, 7) is 1.78. The molecule has 11 nitrogen and oxygen atoms in total. The standard InChI is InChI=1S/C25H32N4O7/c1-15(30)22(24(33)29-36)28-23(32)19-11-9-18(10-12-19)17-7-5-16(6-8-17)14-21(31)27-20(25(34)35)4-2-3-13-26/h5-12,15,20,22,30,36H,2-4,13-14,26H2,1H3,(H,27,31)(H,28,32)(H,29,33)(H,34,35)/t15-,20+,22+/m1/s1. The third-order valence-corrected chi connectivity index (χ3v) is 5.54. The first-order valence-corrected chi connectivity index (χ1v) is 11.5. The zero-order chi connectivity index (χ0) is 26.7. The summed E-state index contributed by atoms with van der Waals surface area (Å²) in [6, 6.07) is 11.4.